The third-order valence-electron chi connectivity index (χ3n) is 5.25. The standard InChI is InChI=1S/C25H24ClNO/c1-18-22(8-5-9-24(18)19-6-3-2-4-7-19)17-28-27-16-25(20-10-11-20)21-12-14-23(26)15-13-21/h2-9,12-16,20,27H,10-11,17H2,1H3/b25-16+. The molecule has 3 aromatic rings. The number of rotatable bonds is 7. The third kappa shape index (κ3) is 4.46. The molecule has 0 unspecified atom stereocenters. The van der Waals surface area contributed by atoms with E-state index in [9.17, 15) is 0 Å². The number of hydrogen-bond donors (Lipinski definition) is 1. The van der Waals surface area contributed by atoms with E-state index >= 15 is 0 Å². The van der Waals surface area contributed by atoms with Gasteiger partial charge in [-0.1, -0.05) is 72.3 Å². The van der Waals surface area contributed by atoms with Gasteiger partial charge in [0, 0.05) is 11.2 Å². The van der Waals surface area contributed by atoms with Crippen LogP contribution in [0.2, 0.25) is 5.02 Å². The third-order valence-corrected chi connectivity index (χ3v) is 5.50. The van der Waals surface area contributed by atoms with Crippen molar-refractivity contribution in [2.24, 2.45) is 5.92 Å². The maximum Gasteiger partial charge on any atom is 0.0999 e. The fourth-order valence-electron chi connectivity index (χ4n) is 3.47. The van der Waals surface area contributed by atoms with Crippen LogP contribution in [-0.4, -0.2) is 0 Å². The minimum atomic E-state index is 0.515. The van der Waals surface area contributed by atoms with Gasteiger partial charge in [-0.25, -0.2) is 0 Å². The lowest BCUT2D eigenvalue weighted by atomic mass is 9.97. The molecule has 1 aliphatic rings. The van der Waals surface area contributed by atoms with Gasteiger partial charge in [-0.3, -0.25) is 10.3 Å². The van der Waals surface area contributed by atoms with Crippen molar-refractivity contribution in [1.82, 2.24) is 5.48 Å². The van der Waals surface area contributed by atoms with Crippen LogP contribution in [0, 0.1) is 12.8 Å². The van der Waals surface area contributed by atoms with Crippen molar-refractivity contribution in [3.05, 3.63) is 101 Å². The zero-order chi connectivity index (χ0) is 19.3. The van der Waals surface area contributed by atoms with Gasteiger partial charge in [-0.15, -0.1) is 0 Å². The molecule has 1 N–H and O–H groups in total. The van der Waals surface area contributed by atoms with Crippen LogP contribution in [0.5, 0.6) is 0 Å². The first-order valence-electron chi connectivity index (χ1n) is 9.69. The molecule has 142 valence electrons. The smallest absolute Gasteiger partial charge is 0.0999 e. The number of nitrogens with one attached hydrogen (secondary N) is 1. The number of halogens is 1. The fourth-order valence-corrected chi connectivity index (χ4v) is 3.59. The van der Waals surface area contributed by atoms with E-state index < -0.39 is 0 Å². The Hall–Kier alpha value is -2.55. The largest absolute Gasteiger partial charge is 0.274 e. The zero-order valence-electron chi connectivity index (χ0n) is 16.0. The predicted molar refractivity (Wildman–Crippen MR) is 117 cm³/mol. The first kappa shape index (κ1) is 18.8. The van der Waals surface area contributed by atoms with Crippen molar-refractivity contribution in [3.63, 3.8) is 0 Å². The molecular formula is C25H24ClNO. The molecule has 2 nitrogen and oxygen atoms in total. The van der Waals surface area contributed by atoms with Crippen LogP contribution >= 0.6 is 11.6 Å². The maximum absolute atomic E-state index is 6.02. The van der Waals surface area contributed by atoms with E-state index in [2.05, 4.69) is 67.0 Å². The topological polar surface area (TPSA) is 21.3 Å². The fraction of sp³-hybridized carbons (Fsp3) is 0.200. The van der Waals surface area contributed by atoms with Gasteiger partial charge in [-0.2, -0.15) is 0 Å². The summed E-state index contributed by atoms with van der Waals surface area (Å²) in [5.74, 6) is 0.612. The predicted octanol–water partition coefficient (Wildman–Crippen LogP) is 6.79. The lowest BCUT2D eigenvalue weighted by Gasteiger charge is -2.13. The summed E-state index contributed by atoms with van der Waals surface area (Å²) >= 11 is 6.02. The van der Waals surface area contributed by atoms with Gasteiger partial charge in [0.15, 0.2) is 0 Å². The molecule has 0 heterocycles. The lowest BCUT2D eigenvalue weighted by molar-refractivity contribution is 0.0575. The van der Waals surface area contributed by atoms with Crippen LogP contribution < -0.4 is 5.48 Å². The minimum absolute atomic E-state index is 0.515. The number of hydroxylamine groups is 1. The highest BCUT2D eigenvalue weighted by molar-refractivity contribution is 6.30. The van der Waals surface area contributed by atoms with Crippen molar-refractivity contribution in [3.8, 4) is 11.1 Å². The molecule has 0 spiro atoms. The minimum Gasteiger partial charge on any atom is -0.274 e. The summed E-state index contributed by atoms with van der Waals surface area (Å²) in [6.45, 7) is 2.67. The average Bonchev–Trinajstić information content (AvgIpc) is 3.56. The van der Waals surface area contributed by atoms with Crippen LogP contribution in [-0.2, 0) is 11.4 Å². The molecule has 1 aliphatic carbocycles. The van der Waals surface area contributed by atoms with Crippen LogP contribution in [0.15, 0.2) is 79.0 Å². The summed E-state index contributed by atoms with van der Waals surface area (Å²) in [5.41, 5.74) is 10.5. The molecular weight excluding hydrogens is 366 g/mol. The van der Waals surface area contributed by atoms with Gasteiger partial charge in [0.1, 0.15) is 0 Å². The summed E-state index contributed by atoms with van der Waals surface area (Å²) in [4.78, 5) is 5.79. The van der Waals surface area contributed by atoms with Crippen molar-refractivity contribution in [2.75, 3.05) is 0 Å². The Labute approximate surface area is 171 Å². The summed E-state index contributed by atoms with van der Waals surface area (Å²) in [6.07, 6.45) is 4.46. The van der Waals surface area contributed by atoms with Gasteiger partial charge >= 0.3 is 0 Å². The Morgan fingerprint density at radius 2 is 1.75 bits per heavy atom. The Morgan fingerprint density at radius 1 is 1.00 bits per heavy atom. The maximum atomic E-state index is 6.02. The van der Waals surface area contributed by atoms with E-state index in [4.69, 9.17) is 16.4 Å². The summed E-state index contributed by atoms with van der Waals surface area (Å²) < 4.78 is 0. The molecule has 4 rings (SSSR count). The monoisotopic (exact) mass is 389 g/mol. The highest BCUT2D eigenvalue weighted by Gasteiger charge is 2.26. The molecule has 0 amide bonds. The molecule has 0 radical (unpaired) electrons. The van der Waals surface area contributed by atoms with E-state index in [1.165, 1.54) is 46.2 Å². The number of benzene rings is 3. The van der Waals surface area contributed by atoms with E-state index in [1.807, 2.05) is 24.4 Å². The first-order valence-corrected chi connectivity index (χ1v) is 10.1. The van der Waals surface area contributed by atoms with Crippen LogP contribution in [0.4, 0.5) is 0 Å². The average molecular weight is 390 g/mol. The molecule has 0 aromatic heterocycles. The second-order valence-electron chi connectivity index (χ2n) is 7.24. The van der Waals surface area contributed by atoms with Crippen molar-refractivity contribution >= 4 is 17.2 Å². The van der Waals surface area contributed by atoms with Crippen molar-refractivity contribution < 1.29 is 4.84 Å². The highest BCUT2D eigenvalue weighted by atomic mass is 35.5. The molecule has 1 saturated carbocycles. The molecule has 0 saturated heterocycles. The van der Waals surface area contributed by atoms with Crippen LogP contribution in [0.25, 0.3) is 16.7 Å². The second kappa shape index (κ2) is 8.64. The summed E-state index contributed by atoms with van der Waals surface area (Å²) in [5, 5.41) is 0.761. The SMILES string of the molecule is Cc1c(CON/C=C(/c2ccc(Cl)cc2)C2CC2)cccc1-c1ccccc1. The van der Waals surface area contributed by atoms with E-state index in [-0.39, 0.29) is 0 Å². The summed E-state index contributed by atoms with van der Waals surface area (Å²) in [6, 6.07) is 24.8. The van der Waals surface area contributed by atoms with Gasteiger partial charge in [0.25, 0.3) is 0 Å². The van der Waals surface area contributed by atoms with E-state index in [1.54, 1.807) is 0 Å². The van der Waals surface area contributed by atoms with Gasteiger partial charge < -0.3 is 0 Å². The number of hydrogen-bond acceptors (Lipinski definition) is 2. The molecule has 0 atom stereocenters. The van der Waals surface area contributed by atoms with Gasteiger partial charge in [-0.05, 0) is 71.2 Å². The summed E-state index contributed by atoms with van der Waals surface area (Å²) in [7, 11) is 0. The number of allylic oxidation sites excluding steroid dienone is 1. The molecule has 28 heavy (non-hydrogen) atoms. The highest BCUT2D eigenvalue weighted by Crippen LogP contribution is 2.41. The van der Waals surface area contributed by atoms with Gasteiger partial charge in [0.2, 0.25) is 0 Å². The Kier molecular flexibility index (Phi) is 5.80. The second-order valence-corrected chi connectivity index (χ2v) is 7.68. The molecule has 0 aliphatic heterocycles. The first-order chi connectivity index (χ1) is 13.7. The Balaban J connectivity index is 1.43. The zero-order valence-corrected chi connectivity index (χ0v) is 16.7. The quantitative estimate of drug-likeness (QED) is 0.355. The molecule has 0 bridgehead atoms. The molecule has 3 aromatic carbocycles. The van der Waals surface area contributed by atoms with Crippen LogP contribution in [0.1, 0.15) is 29.5 Å². The molecule has 3 heteroatoms. The van der Waals surface area contributed by atoms with Crippen molar-refractivity contribution in [2.45, 2.75) is 26.4 Å². The van der Waals surface area contributed by atoms with Crippen LogP contribution in [0.3, 0.4) is 0 Å². The lowest BCUT2D eigenvalue weighted by Crippen LogP contribution is -2.09. The van der Waals surface area contributed by atoms with Crippen molar-refractivity contribution in [1.29, 1.82) is 0 Å². The van der Waals surface area contributed by atoms with E-state index in [0.29, 0.717) is 12.5 Å². The Bertz CT molecular complexity index is 960. The normalized spacial score (nSPS) is 14.1. The van der Waals surface area contributed by atoms with E-state index in [0.717, 1.165) is 5.02 Å². The van der Waals surface area contributed by atoms with Gasteiger partial charge in [0.05, 0.1) is 6.61 Å². The Morgan fingerprint density at radius 3 is 2.46 bits per heavy atom. The molecule has 1 fully saturated rings.